The number of carboxylic acid groups (broad SMARTS) is 1. The molecule has 1 N–H and O–H groups in total. The summed E-state index contributed by atoms with van der Waals surface area (Å²) in [6.07, 6.45) is 2.41. The van der Waals surface area contributed by atoms with Crippen molar-refractivity contribution >= 4 is 5.97 Å². The molecule has 0 saturated heterocycles. The van der Waals surface area contributed by atoms with E-state index in [1.807, 2.05) is 0 Å². The Balaban J connectivity index is 2.35. The molecule has 1 aromatic carbocycles. The first kappa shape index (κ1) is 14.5. The van der Waals surface area contributed by atoms with Gasteiger partial charge in [-0.1, -0.05) is 25.5 Å². The summed E-state index contributed by atoms with van der Waals surface area (Å²) in [6, 6.07) is 6.42. The summed E-state index contributed by atoms with van der Waals surface area (Å²) in [4.78, 5) is 12.1. The van der Waals surface area contributed by atoms with Crippen LogP contribution in [0.3, 0.4) is 0 Å². The average molecular weight is 251 g/mol. The van der Waals surface area contributed by atoms with E-state index in [-0.39, 0.29) is 5.56 Å². The summed E-state index contributed by atoms with van der Waals surface area (Å²) in [5.41, 5.74) is 0.152. The van der Waals surface area contributed by atoms with Crippen LogP contribution in [0.25, 0.3) is 0 Å². The maximum absolute atomic E-state index is 10.7. The van der Waals surface area contributed by atoms with E-state index in [4.69, 9.17) is 4.74 Å². The topological polar surface area (TPSA) is 53.8 Å². The van der Waals surface area contributed by atoms with Crippen LogP contribution >= 0.6 is 0 Å². The molecule has 0 bridgehead atoms. The normalized spacial score (nSPS) is 12.1. The molecule has 0 aromatic heterocycles. The van der Waals surface area contributed by atoms with Crippen molar-refractivity contribution in [3.8, 4) is 5.75 Å². The second-order valence-corrected chi connectivity index (χ2v) is 4.47. The maximum Gasteiger partial charge on any atom is 0.137 e. The number of quaternary nitrogens is 1. The van der Waals surface area contributed by atoms with Gasteiger partial charge < -0.3 is 19.5 Å². The van der Waals surface area contributed by atoms with Crippen LogP contribution in [0.15, 0.2) is 24.3 Å². The number of ether oxygens (including phenoxy) is 1. The lowest BCUT2D eigenvalue weighted by Crippen LogP contribution is -3.09. The number of hydrogen-bond donors (Lipinski definition) is 1. The highest BCUT2D eigenvalue weighted by Crippen LogP contribution is 2.12. The van der Waals surface area contributed by atoms with Gasteiger partial charge in [-0.15, -0.1) is 0 Å². The van der Waals surface area contributed by atoms with Crippen molar-refractivity contribution < 1.29 is 19.5 Å². The second-order valence-electron chi connectivity index (χ2n) is 4.47. The fourth-order valence-electron chi connectivity index (χ4n) is 1.66. The van der Waals surface area contributed by atoms with E-state index < -0.39 is 5.97 Å². The van der Waals surface area contributed by atoms with Crippen molar-refractivity contribution in [1.82, 2.24) is 0 Å². The first-order chi connectivity index (χ1) is 8.63. The smallest absolute Gasteiger partial charge is 0.137 e. The minimum atomic E-state index is -1.17. The SMILES string of the molecule is CCCC[NH+](C)CCOc1cccc(C(=O)[O-])c1. The van der Waals surface area contributed by atoms with Crippen LogP contribution in [-0.2, 0) is 0 Å². The molecular weight excluding hydrogens is 230 g/mol. The lowest BCUT2D eigenvalue weighted by Gasteiger charge is -2.14. The van der Waals surface area contributed by atoms with Crippen molar-refractivity contribution in [3.05, 3.63) is 29.8 Å². The number of likely N-dealkylation sites (N-methyl/N-ethyl adjacent to an activating group) is 1. The van der Waals surface area contributed by atoms with Crippen LogP contribution in [0.2, 0.25) is 0 Å². The molecule has 1 aromatic rings. The lowest BCUT2D eigenvalue weighted by atomic mass is 10.2. The second kappa shape index (κ2) is 7.71. The maximum atomic E-state index is 10.7. The number of hydrogen-bond acceptors (Lipinski definition) is 3. The summed E-state index contributed by atoms with van der Waals surface area (Å²) in [7, 11) is 2.14. The Morgan fingerprint density at radius 2 is 2.17 bits per heavy atom. The number of carbonyl (C=O) groups excluding carboxylic acids is 1. The van der Waals surface area contributed by atoms with Gasteiger partial charge in [0.2, 0.25) is 0 Å². The largest absolute Gasteiger partial charge is 0.545 e. The Bertz CT molecular complexity index is 379. The molecule has 1 rings (SSSR count). The Kier molecular flexibility index (Phi) is 6.22. The molecule has 0 saturated carbocycles. The molecule has 4 nitrogen and oxygen atoms in total. The Labute approximate surface area is 108 Å². The number of aromatic carboxylic acids is 1. The lowest BCUT2D eigenvalue weighted by molar-refractivity contribution is -0.879. The Morgan fingerprint density at radius 1 is 1.39 bits per heavy atom. The van der Waals surface area contributed by atoms with Gasteiger partial charge >= 0.3 is 0 Å². The van der Waals surface area contributed by atoms with E-state index >= 15 is 0 Å². The predicted octanol–water partition coefficient (Wildman–Crippen LogP) is -0.256. The standard InChI is InChI=1S/C14H21NO3/c1-3-4-8-15(2)9-10-18-13-7-5-6-12(11-13)14(16)17/h5-7,11H,3-4,8-10H2,1-2H3,(H,16,17). The summed E-state index contributed by atoms with van der Waals surface area (Å²) >= 11 is 0. The average Bonchev–Trinajstić information content (AvgIpc) is 2.36. The molecule has 1 unspecified atom stereocenters. The fraction of sp³-hybridized carbons (Fsp3) is 0.500. The Hall–Kier alpha value is -1.55. The highest BCUT2D eigenvalue weighted by molar-refractivity contribution is 5.86. The van der Waals surface area contributed by atoms with Crippen molar-refractivity contribution in [3.63, 3.8) is 0 Å². The number of rotatable bonds is 8. The van der Waals surface area contributed by atoms with Gasteiger partial charge in [0.1, 0.15) is 18.9 Å². The molecule has 0 aliphatic heterocycles. The summed E-state index contributed by atoms with van der Waals surface area (Å²) in [5, 5.41) is 10.7. The molecule has 0 amide bonds. The number of benzene rings is 1. The summed E-state index contributed by atoms with van der Waals surface area (Å²) in [5.74, 6) is -0.592. The molecule has 0 heterocycles. The molecule has 0 radical (unpaired) electrons. The van der Waals surface area contributed by atoms with E-state index in [1.54, 1.807) is 12.1 Å². The summed E-state index contributed by atoms with van der Waals surface area (Å²) < 4.78 is 5.54. The van der Waals surface area contributed by atoms with Crippen LogP contribution in [0.4, 0.5) is 0 Å². The molecule has 0 fully saturated rings. The number of nitrogens with one attached hydrogen (secondary N) is 1. The zero-order chi connectivity index (χ0) is 13.4. The van der Waals surface area contributed by atoms with E-state index in [1.165, 1.54) is 29.9 Å². The quantitative estimate of drug-likeness (QED) is 0.693. The summed E-state index contributed by atoms with van der Waals surface area (Å²) in [6.45, 7) is 4.82. The van der Waals surface area contributed by atoms with Crippen molar-refractivity contribution in [2.75, 3.05) is 26.7 Å². The molecule has 0 aliphatic rings. The van der Waals surface area contributed by atoms with Gasteiger partial charge in [-0.2, -0.15) is 0 Å². The molecule has 1 atom stereocenters. The van der Waals surface area contributed by atoms with Crippen LogP contribution in [0.1, 0.15) is 30.1 Å². The zero-order valence-corrected chi connectivity index (χ0v) is 11.1. The third kappa shape index (κ3) is 5.19. The predicted molar refractivity (Wildman–Crippen MR) is 67.8 cm³/mol. The van der Waals surface area contributed by atoms with Gasteiger partial charge in [0.05, 0.1) is 19.6 Å². The molecule has 4 heteroatoms. The minimum absolute atomic E-state index is 0.152. The zero-order valence-electron chi connectivity index (χ0n) is 11.1. The van der Waals surface area contributed by atoms with Gasteiger partial charge in [-0.25, -0.2) is 0 Å². The third-order valence-corrected chi connectivity index (χ3v) is 2.82. The van der Waals surface area contributed by atoms with Gasteiger partial charge in [0, 0.05) is 5.56 Å². The molecule has 0 aliphatic carbocycles. The van der Waals surface area contributed by atoms with Crippen LogP contribution in [-0.4, -0.2) is 32.7 Å². The molecule has 18 heavy (non-hydrogen) atoms. The van der Waals surface area contributed by atoms with Gasteiger partial charge in [-0.05, 0) is 18.6 Å². The van der Waals surface area contributed by atoms with Crippen LogP contribution in [0, 0.1) is 0 Å². The van der Waals surface area contributed by atoms with Crippen molar-refractivity contribution in [2.45, 2.75) is 19.8 Å². The third-order valence-electron chi connectivity index (χ3n) is 2.82. The molecule has 100 valence electrons. The van der Waals surface area contributed by atoms with Crippen LogP contribution < -0.4 is 14.7 Å². The first-order valence-electron chi connectivity index (χ1n) is 6.39. The van der Waals surface area contributed by atoms with Gasteiger partial charge in [0.25, 0.3) is 0 Å². The Morgan fingerprint density at radius 3 is 2.83 bits per heavy atom. The van der Waals surface area contributed by atoms with E-state index in [2.05, 4.69) is 14.0 Å². The van der Waals surface area contributed by atoms with E-state index in [0.717, 1.165) is 13.1 Å². The number of carboxylic acids is 1. The first-order valence-corrected chi connectivity index (χ1v) is 6.39. The fourth-order valence-corrected chi connectivity index (χ4v) is 1.66. The van der Waals surface area contributed by atoms with E-state index in [0.29, 0.717) is 12.4 Å². The van der Waals surface area contributed by atoms with Crippen molar-refractivity contribution in [2.24, 2.45) is 0 Å². The number of unbranched alkanes of at least 4 members (excludes halogenated alkanes) is 1. The molecule has 0 spiro atoms. The molecular formula is C14H21NO3. The van der Waals surface area contributed by atoms with Crippen LogP contribution in [0.5, 0.6) is 5.75 Å². The number of carbonyl (C=O) groups is 1. The monoisotopic (exact) mass is 251 g/mol. The van der Waals surface area contributed by atoms with Gasteiger partial charge in [0.15, 0.2) is 0 Å². The van der Waals surface area contributed by atoms with Crippen molar-refractivity contribution in [1.29, 1.82) is 0 Å². The van der Waals surface area contributed by atoms with Gasteiger partial charge in [-0.3, -0.25) is 0 Å². The highest BCUT2D eigenvalue weighted by atomic mass is 16.5. The highest BCUT2D eigenvalue weighted by Gasteiger charge is 2.02. The minimum Gasteiger partial charge on any atom is -0.545 e. The van der Waals surface area contributed by atoms with E-state index in [9.17, 15) is 9.90 Å².